The molecule has 222 valence electrons. The van der Waals surface area contributed by atoms with Crippen LogP contribution in [0.25, 0.3) is 22.4 Å². The number of aromatic nitrogens is 1. The molecular formula is C32H31ClFN5O4. The number of phenols is 1. The molecule has 2 atom stereocenters. The number of benzene rings is 2. The van der Waals surface area contributed by atoms with Crippen LogP contribution in [0, 0.1) is 23.1 Å². The van der Waals surface area contributed by atoms with Crippen molar-refractivity contribution in [3.63, 3.8) is 0 Å². The number of phenolic OH excluding ortho intramolecular Hbond substituents is 1. The first-order chi connectivity index (χ1) is 20.2. The second kappa shape index (κ2) is 13.5. The van der Waals surface area contributed by atoms with Gasteiger partial charge in [-0.3, -0.25) is 9.59 Å². The monoisotopic (exact) mass is 603 g/mol. The van der Waals surface area contributed by atoms with Gasteiger partial charge in [0.25, 0.3) is 5.91 Å². The lowest BCUT2D eigenvalue weighted by Gasteiger charge is -2.35. The summed E-state index contributed by atoms with van der Waals surface area (Å²) in [4.78, 5) is 32.7. The molecule has 1 fully saturated rings. The molecule has 0 radical (unpaired) electrons. The number of amides is 2. The summed E-state index contributed by atoms with van der Waals surface area (Å²) in [7, 11) is 3.98. The quantitative estimate of drug-likeness (QED) is 0.221. The topological polar surface area (TPSA) is 131 Å². The summed E-state index contributed by atoms with van der Waals surface area (Å²) in [5.41, 5.74) is 1.96. The van der Waals surface area contributed by atoms with Crippen LogP contribution in [-0.2, 0) is 4.79 Å². The Labute approximate surface area is 254 Å². The molecule has 1 saturated carbocycles. The predicted octanol–water partition coefficient (Wildman–Crippen LogP) is 6.46. The fourth-order valence-electron chi connectivity index (χ4n) is 5.45. The van der Waals surface area contributed by atoms with E-state index in [1.54, 1.807) is 36.4 Å². The minimum absolute atomic E-state index is 0. The smallest absolute Gasteiger partial charge is 0.292 e. The molecule has 43 heavy (non-hydrogen) atoms. The first-order valence-electron chi connectivity index (χ1n) is 13.6. The van der Waals surface area contributed by atoms with E-state index in [-0.39, 0.29) is 64.4 Å². The number of pyridine rings is 1. The van der Waals surface area contributed by atoms with Gasteiger partial charge in [-0.15, -0.1) is 12.4 Å². The molecule has 5 rings (SSSR count). The minimum Gasteiger partial charge on any atom is -0.507 e. The molecule has 0 aliphatic heterocycles. The van der Waals surface area contributed by atoms with Gasteiger partial charge in [0, 0.05) is 28.9 Å². The van der Waals surface area contributed by atoms with Crippen LogP contribution in [0.4, 0.5) is 15.9 Å². The van der Waals surface area contributed by atoms with Crippen LogP contribution < -0.4 is 10.6 Å². The molecule has 4 aromatic rings. The summed E-state index contributed by atoms with van der Waals surface area (Å²) in [5, 5.41) is 26.3. The van der Waals surface area contributed by atoms with Crippen LogP contribution >= 0.6 is 12.4 Å². The van der Waals surface area contributed by atoms with Crippen LogP contribution in [0.3, 0.4) is 0 Å². The second-order valence-corrected chi connectivity index (χ2v) is 10.5. The van der Waals surface area contributed by atoms with Gasteiger partial charge >= 0.3 is 0 Å². The van der Waals surface area contributed by atoms with Gasteiger partial charge in [0.1, 0.15) is 23.2 Å². The largest absolute Gasteiger partial charge is 0.507 e. The molecule has 3 N–H and O–H groups in total. The van der Waals surface area contributed by atoms with Crippen LogP contribution in [-0.4, -0.2) is 46.9 Å². The van der Waals surface area contributed by atoms with Crippen LogP contribution in [0.5, 0.6) is 5.75 Å². The fraction of sp³-hybridized carbons (Fsp3) is 0.250. The first kappa shape index (κ1) is 31.2. The molecule has 2 aromatic heterocycles. The highest BCUT2D eigenvalue weighted by atomic mass is 35.5. The molecule has 1 aliphatic carbocycles. The molecule has 2 heterocycles. The normalized spacial score (nSPS) is 16.2. The zero-order valence-corrected chi connectivity index (χ0v) is 24.5. The maximum atomic E-state index is 13.8. The van der Waals surface area contributed by atoms with Gasteiger partial charge in [0.05, 0.1) is 17.9 Å². The number of aromatic hydroxyl groups is 1. The molecule has 11 heteroatoms. The van der Waals surface area contributed by atoms with E-state index >= 15 is 0 Å². The van der Waals surface area contributed by atoms with E-state index < -0.39 is 11.7 Å². The number of hydrogen-bond acceptors (Lipinski definition) is 7. The predicted molar refractivity (Wildman–Crippen MR) is 163 cm³/mol. The molecular weight excluding hydrogens is 573 g/mol. The number of carbonyl (C=O) groups is 2. The maximum Gasteiger partial charge on any atom is 0.292 e. The van der Waals surface area contributed by atoms with Crippen molar-refractivity contribution < 1.29 is 23.5 Å². The zero-order chi connectivity index (χ0) is 29.8. The number of anilines is 2. The maximum absolute atomic E-state index is 13.8. The van der Waals surface area contributed by atoms with Crippen molar-refractivity contribution in [2.75, 3.05) is 24.7 Å². The molecule has 1 aliphatic rings. The highest BCUT2D eigenvalue weighted by Crippen LogP contribution is 2.37. The second-order valence-electron chi connectivity index (χ2n) is 10.5. The van der Waals surface area contributed by atoms with Crippen molar-refractivity contribution >= 4 is 35.7 Å². The van der Waals surface area contributed by atoms with Gasteiger partial charge in [0.15, 0.2) is 11.6 Å². The van der Waals surface area contributed by atoms with Gasteiger partial charge in [-0.1, -0.05) is 25.0 Å². The summed E-state index contributed by atoms with van der Waals surface area (Å²) >= 11 is 0. The van der Waals surface area contributed by atoms with Crippen LogP contribution in [0.2, 0.25) is 0 Å². The van der Waals surface area contributed by atoms with E-state index in [2.05, 4.69) is 26.6 Å². The van der Waals surface area contributed by atoms with E-state index in [1.807, 2.05) is 14.1 Å². The Balaban J connectivity index is 0.00000423. The summed E-state index contributed by atoms with van der Waals surface area (Å²) in [6.45, 7) is 0. The highest BCUT2D eigenvalue weighted by molar-refractivity contribution is 6.03. The Hall–Kier alpha value is -4.72. The number of carbonyl (C=O) groups excluding carboxylic acids is 2. The lowest BCUT2D eigenvalue weighted by molar-refractivity contribution is -0.122. The van der Waals surface area contributed by atoms with Crippen molar-refractivity contribution in [2.24, 2.45) is 5.92 Å². The standard InChI is InChI=1S/C32H30FN5O4.ClH/c1-38(2)27-10-4-3-9-23(27)31(40)35-21-8-5-7-19(15-21)24-17-26(22-13-12-20(33)16-28(22)39)36-30(25(24)18-34)37-32(41)29-11-6-14-42-29;/h5-8,11-17,23,27,39H,3-4,9-10H2,1-2H3,(H,35,40)(H,36,37,41);1H/t23-,27+;/m0./s1. The lowest BCUT2D eigenvalue weighted by atomic mass is 9.83. The molecule has 0 spiro atoms. The Bertz CT molecular complexity index is 1670. The minimum atomic E-state index is -0.630. The van der Waals surface area contributed by atoms with E-state index in [4.69, 9.17) is 4.42 Å². The van der Waals surface area contributed by atoms with Gasteiger partial charge in [-0.2, -0.15) is 5.26 Å². The number of hydrogen-bond donors (Lipinski definition) is 3. The number of rotatable bonds is 7. The van der Waals surface area contributed by atoms with E-state index in [1.165, 1.54) is 24.5 Å². The van der Waals surface area contributed by atoms with Crippen molar-refractivity contribution in [2.45, 2.75) is 31.7 Å². The average Bonchev–Trinajstić information content (AvgIpc) is 3.52. The number of furan rings is 1. The molecule has 0 saturated heterocycles. The Morgan fingerprint density at radius 3 is 2.53 bits per heavy atom. The zero-order valence-electron chi connectivity index (χ0n) is 23.6. The molecule has 0 unspecified atom stereocenters. The van der Waals surface area contributed by atoms with Gasteiger partial charge < -0.3 is 25.1 Å². The fourth-order valence-corrected chi connectivity index (χ4v) is 5.45. The summed E-state index contributed by atoms with van der Waals surface area (Å²) < 4.78 is 18.9. The van der Waals surface area contributed by atoms with E-state index in [0.29, 0.717) is 16.8 Å². The van der Waals surface area contributed by atoms with Gasteiger partial charge in [-0.25, -0.2) is 9.37 Å². The third-order valence-electron chi connectivity index (χ3n) is 7.51. The third-order valence-corrected chi connectivity index (χ3v) is 7.51. The first-order valence-corrected chi connectivity index (χ1v) is 13.6. The van der Waals surface area contributed by atoms with Crippen LogP contribution in [0.1, 0.15) is 41.8 Å². The van der Waals surface area contributed by atoms with E-state index in [9.17, 15) is 24.3 Å². The van der Waals surface area contributed by atoms with Gasteiger partial charge in [-0.05, 0) is 75.0 Å². The van der Waals surface area contributed by atoms with Crippen LogP contribution in [0.15, 0.2) is 71.3 Å². The van der Waals surface area contributed by atoms with Gasteiger partial charge in [0.2, 0.25) is 5.91 Å². The number of nitrogens with one attached hydrogen (secondary N) is 2. The summed E-state index contributed by atoms with van der Waals surface area (Å²) in [5.74, 6) is -1.88. The third kappa shape index (κ3) is 6.85. The highest BCUT2D eigenvalue weighted by Gasteiger charge is 2.32. The Morgan fingerprint density at radius 2 is 1.84 bits per heavy atom. The lowest BCUT2D eigenvalue weighted by Crippen LogP contribution is -2.43. The Morgan fingerprint density at radius 1 is 1.05 bits per heavy atom. The molecule has 2 amide bonds. The summed E-state index contributed by atoms with van der Waals surface area (Å²) in [6.07, 6.45) is 5.20. The van der Waals surface area contributed by atoms with E-state index in [0.717, 1.165) is 31.7 Å². The number of halogens is 2. The van der Waals surface area contributed by atoms with Crippen molar-refractivity contribution in [1.29, 1.82) is 5.26 Å². The summed E-state index contributed by atoms with van der Waals surface area (Å²) in [6, 6.07) is 17.4. The Kier molecular flexibility index (Phi) is 9.80. The number of nitrogens with zero attached hydrogens (tertiary/aromatic N) is 3. The molecule has 0 bridgehead atoms. The average molecular weight is 604 g/mol. The molecule has 2 aromatic carbocycles. The molecule has 9 nitrogen and oxygen atoms in total. The number of nitriles is 1. The SMILES string of the molecule is CN(C)[C@@H]1CCCC[C@@H]1C(=O)Nc1cccc(-c2cc(-c3ccc(F)cc3O)nc(NC(=O)c3ccco3)c2C#N)c1.Cl. The van der Waals surface area contributed by atoms with Crippen molar-refractivity contribution in [3.8, 4) is 34.2 Å². The van der Waals surface area contributed by atoms with Crippen molar-refractivity contribution in [3.05, 3.63) is 84.1 Å². The van der Waals surface area contributed by atoms with Crippen molar-refractivity contribution in [1.82, 2.24) is 9.88 Å².